The summed E-state index contributed by atoms with van der Waals surface area (Å²) in [7, 11) is 0. The third kappa shape index (κ3) is 4.52. The number of urea groups is 1. The van der Waals surface area contributed by atoms with Gasteiger partial charge in [0.15, 0.2) is 0 Å². The summed E-state index contributed by atoms with van der Waals surface area (Å²) in [5.74, 6) is 0. The molecule has 4 nitrogen and oxygen atoms in total. The second-order valence-corrected chi connectivity index (χ2v) is 7.74. The van der Waals surface area contributed by atoms with Gasteiger partial charge in [-0.15, -0.1) is 11.3 Å². The van der Waals surface area contributed by atoms with Gasteiger partial charge in [-0.25, -0.2) is 9.78 Å². The Bertz CT molecular complexity index is 1130. The number of nitrogens with zero attached hydrogens (tertiary/aromatic N) is 1. The molecular formula is C24H21N3OS. The van der Waals surface area contributed by atoms with E-state index in [0.29, 0.717) is 0 Å². The first kappa shape index (κ1) is 18.9. The van der Waals surface area contributed by atoms with Crippen LogP contribution in [-0.4, -0.2) is 11.0 Å². The van der Waals surface area contributed by atoms with Crippen molar-refractivity contribution in [3.05, 3.63) is 89.3 Å². The normalized spacial score (nSPS) is 10.6. The van der Waals surface area contributed by atoms with Crippen molar-refractivity contribution in [2.24, 2.45) is 0 Å². The summed E-state index contributed by atoms with van der Waals surface area (Å²) in [6.07, 6.45) is 0. The van der Waals surface area contributed by atoms with Crippen LogP contribution < -0.4 is 10.6 Å². The van der Waals surface area contributed by atoms with E-state index < -0.39 is 0 Å². The average Bonchev–Trinajstić information content (AvgIpc) is 3.22. The molecule has 29 heavy (non-hydrogen) atoms. The number of nitrogens with one attached hydrogen (secondary N) is 2. The second kappa shape index (κ2) is 8.29. The Morgan fingerprint density at radius 1 is 0.862 bits per heavy atom. The van der Waals surface area contributed by atoms with Gasteiger partial charge in [-0.3, -0.25) is 0 Å². The van der Waals surface area contributed by atoms with Crippen LogP contribution in [0.15, 0.2) is 78.2 Å². The lowest BCUT2D eigenvalue weighted by Crippen LogP contribution is -2.19. The van der Waals surface area contributed by atoms with Gasteiger partial charge in [0.25, 0.3) is 0 Å². The maximum absolute atomic E-state index is 12.3. The second-order valence-electron chi connectivity index (χ2n) is 6.88. The minimum absolute atomic E-state index is 0.260. The SMILES string of the molecule is Cc1ccc(NC(=O)Nc2ccc(-c3csc(-c4ccccc4)n3)cc2)c(C)c1. The predicted octanol–water partition coefficient (Wildman–Crippen LogP) is 6.74. The highest BCUT2D eigenvalue weighted by molar-refractivity contribution is 7.13. The highest BCUT2D eigenvalue weighted by Crippen LogP contribution is 2.29. The first-order valence-electron chi connectivity index (χ1n) is 9.35. The van der Waals surface area contributed by atoms with Gasteiger partial charge in [0.1, 0.15) is 5.01 Å². The van der Waals surface area contributed by atoms with Crippen molar-refractivity contribution in [3.63, 3.8) is 0 Å². The van der Waals surface area contributed by atoms with Crippen molar-refractivity contribution in [2.75, 3.05) is 10.6 Å². The molecular weight excluding hydrogens is 378 g/mol. The van der Waals surface area contributed by atoms with E-state index in [4.69, 9.17) is 4.98 Å². The lowest BCUT2D eigenvalue weighted by Gasteiger charge is -2.10. The van der Waals surface area contributed by atoms with E-state index in [1.165, 1.54) is 5.56 Å². The number of carbonyl (C=O) groups is 1. The number of amides is 2. The summed E-state index contributed by atoms with van der Waals surface area (Å²) in [6, 6.07) is 23.5. The molecule has 4 aromatic rings. The topological polar surface area (TPSA) is 54.0 Å². The zero-order valence-electron chi connectivity index (χ0n) is 16.3. The molecule has 2 N–H and O–H groups in total. The van der Waals surface area contributed by atoms with Crippen LogP contribution in [0.4, 0.5) is 16.2 Å². The monoisotopic (exact) mass is 399 g/mol. The maximum Gasteiger partial charge on any atom is 0.323 e. The molecule has 1 aromatic heterocycles. The third-order valence-electron chi connectivity index (χ3n) is 4.59. The zero-order chi connectivity index (χ0) is 20.2. The number of rotatable bonds is 4. The zero-order valence-corrected chi connectivity index (χ0v) is 17.1. The predicted molar refractivity (Wildman–Crippen MR) is 122 cm³/mol. The van der Waals surface area contributed by atoms with E-state index in [1.807, 2.05) is 74.5 Å². The lowest BCUT2D eigenvalue weighted by molar-refractivity contribution is 0.262. The molecule has 0 aliphatic carbocycles. The summed E-state index contributed by atoms with van der Waals surface area (Å²) in [6.45, 7) is 4.01. The first-order valence-corrected chi connectivity index (χ1v) is 10.2. The minimum atomic E-state index is -0.260. The largest absolute Gasteiger partial charge is 0.323 e. The van der Waals surface area contributed by atoms with E-state index in [2.05, 4.69) is 28.1 Å². The van der Waals surface area contributed by atoms with E-state index in [9.17, 15) is 4.79 Å². The Kier molecular flexibility index (Phi) is 5.40. The number of thiazole rings is 1. The van der Waals surface area contributed by atoms with Gasteiger partial charge in [-0.05, 0) is 37.6 Å². The van der Waals surface area contributed by atoms with E-state index in [0.717, 1.165) is 38.8 Å². The number of carbonyl (C=O) groups excluding carboxylic acids is 1. The molecule has 0 bridgehead atoms. The number of aromatic nitrogens is 1. The van der Waals surface area contributed by atoms with Crippen molar-refractivity contribution in [1.82, 2.24) is 4.98 Å². The molecule has 4 rings (SSSR count). The van der Waals surface area contributed by atoms with Crippen molar-refractivity contribution in [1.29, 1.82) is 0 Å². The van der Waals surface area contributed by atoms with E-state index in [-0.39, 0.29) is 6.03 Å². The molecule has 0 aliphatic heterocycles. The Morgan fingerprint density at radius 2 is 1.62 bits per heavy atom. The highest BCUT2D eigenvalue weighted by atomic mass is 32.1. The molecule has 0 fully saturated rings. The van der Waals surface area contributed by atoms with Gasteiger partial charge in [-0.1, -0.05) is 60.2 Å². The fraction of sp³-hybridized carbons (Fsp3) is 0.0833. The number of anilines is 2. The minimum Gasteiger partial charge on any atom is -0.308 e. The molecule has 0 aliphatic rings. The van der Waals surface area contributed by atoms with Crippen LogP contribution in [0.3, 0.4) is 0 Å². The summed E-state index contributed by atoms with van der Waals surface area (Å²) < 4.78 is 0. The number of aryl methyl sites for hydroxylation is 2. The van der Waals surface area contributed by atoms with Crippen LogP contribution in [-0.2, 0) is 0 Å². The Morgan fingerprint density at radius 3 is 2.34 bits per heavy atom. The summed E-state index contributed by atoms with van der Waals surface area (Å²) in [5.41, 5.74) is 6.80. The molecule has 3 aromatic carbocycles. The van der Waals surface area contributed by atoms with E-state index >= 15 is 0 Å². The number of hydrogen-bond acceptors (Lipinski definition) is 3. The fourth-order valence-corrected chi connectivity index (χ4v) is 3.92. The Labute approximate surface area is 174 Å². The Balaban J connectivity index is 1.43. The van der Waals surface area contributed by atoms with Gasteiger partial charge in [0.2, 0.25) is 0 Å². The van der Waals surface area contributed by atoms with Crippen LogP contribution in [0.25, 0.3) is 21.8 Å². The molecule has 0 unspecified atom stereocenters. The molecule has 0 radical (unpaired) electrons. The van der Waals surface area contributed by atoms with Crippen molar-refractivity contribution in [3.8, 4) is 21.8 Å². The van der Waals surface area contributed by atoms with Gasteiger partial charge in [-0.2, -0.15) is 0 Å². The van der Waals surface area contributed by atoms with Crippen molar-refractivity contribution >= 4 is 28.7 Å². The van der Waals surface area contributed by atoms with E-state index in [1.54, 1.807) is 11.3 Å². The molecule has 2 amide bonds. The molecule has 1 heterocycles. The van der Waals surface area contributed by atoms with Crippen LogP contribution >= 0.6 is 11.3 Å². The third-order valence-corrected chi connectivity index (χ3v) is 5.48. The molecule has 0 spiro atoms. The van der Waals surface area contributed by atoms with Crippen molar-refractivity contribution < 1.29 is 4.79 Å². The summed E-state index contributed by atoms with van der Waals surface area (Å²) in [4.78, 5) is 17.0. The summed E-state index contributed by atoms with van der Waals surface area (Å²) in [5, 5.41) is 8.82. The number of benzene rings is 3. The quantitative estimate of drug-likeness (QED) is 0.399. The fourth-order valence-electron chi connectivity index (χ4n) is 3.08. The van der Waals surface area contributed by atoms with Crippen LogP contribution in [0.2, 0.25) is 0 Å². The van der Waals surface area contributed by atoms with Crippen LogP contribution in [0.5, 0.6) is 0 Å². The van der Waals surface area contributed by atoms with Crippen LogP contribution in [0.1, 0.15) is 11.1 Å². The molecule has 144 valence electrons. The molecule has 5 heteroatoms. The number of hydrogen-bond donors (Lipinski definition) is 2. The van der Waals surface area contributed by atoms with Gasteiger partial charge >= 0.3 is 6.03 Å². The van der Waals surface area contributed by atoms with Gasteiger partial charge in [0.05, 0.1) is 5.69 Å². The summed E-state index contributed by atoms with van der Waals surface area (Å²) >= 11 is 1.63. The standard InChI is InChI=1S/C24H21N3OS/c1-16-8-13-21(17(2)14-16)27-24(28)25-20-11-9-18(10-12-20)22-15-29-23(26-22)19-6-4-3-5-7-19/h3-15H,1-2H3,(H2,25,27,28). The smallest absolute Gasteiger partial charge is 0.308 e. The molecule has 0 saturated carbocycles. The molecule has 0 atom stereocenters. The maximum atomic E-state index is 12.3. The first-order chi connectivity index (χ1) is 14.1. The molecule has 0 saturated heterocycles. The van der Waals surface area contributed by atoms with Gasteiger partial charge in [0, 0.05) is 27.9 Å². The van der Waals surface area contributed by atoms with Crippen molar-refractivity contribution in [2.45, 2.75) is 13.8 Å². The van der Waals surface area contributed by atoms with Crippen LogP contribution in [0, 0.1) is 13.8 Å². The lowest BCUT2D eigenvalue weighted by atomic mass is 10.1. The van der Waals surface area contributed by atoms with Gasteiger partial charge < -0.3 is 10.6 Å². The average molecular weight is 400 g/mol. The highest BCUT2D eigenvalue weighted by Gasteiger charge is 2.08. The Hall–Kier alpha value is -3.44.